The zero-order valence-corrected chi connectivity index (χ0v) is 15.4. The lowest BCUT2D eigenvalue weighted by atomic mass is 10.3. The Morgan fingerprint density at radius 3 is 2.33 bits per heavy atom. The topological polar surface area (TPSA) is 68.0 Å². The van der Waals surface area contributed by atoms with Gasteiger partial charge in [-0.25, -0.2) is 9.97 Å². The predicted octanol–water partition coefficient (Wildman–Crippen LogP) is 4.85. The quantitative estimate of drug-likeness (QED) is 0.630. The Hall–Kier alpha value is -2.12. The van der Waals surface area contributed by atoms with E-state index in [1.807, 2.05) is 44.2 Å². The van der Waals surface area contributed by atoms with Gasteiger partial charge in [-0.15, -0.1) is 0 Å². The zero-order chi connectivity index (χ0) is 17.1. The second-order valence-electron chi connectivity index (χ2n) is 5.12. The van der Waals surface area contributed by atoms with Gasteiger partial charge in [-0.2, -0.15) is 0 Å². The minimum absolute atomic E-state index is 0.254. The van der Waals surface area contributed by atoms with E-state index in [-0.39, 0.29) is 11.7 Å². The van der Waals surface area contributed by atoms with Gasteiger partial charge in [0.25, 0.3) is 5.91 Å². The number of hydrogen-bond acceptors (Lipinski definition) is 5. The molecule has 1 amide bonds. The van der Waals surface area contributed by atoms with Crippen LogP contribution in [0, 0.1) is 13.8 Å². The first-order valence-electron chi connectivity index (χ1n) is 7.16. The monoisotopic (exact) mass is 403 g/mol. The van der Waals surface area contributed by atoms with Gasteiger partial charge in [-0.1, -0.05) is 0 Å². The van der Waals surface area contributed by atoms with Crippen LogP contribution in [-0.4, -0.2) is 15.9 Å². The molecule has 1 N–H and O–H groups in total. The molecule has 0 saturated carbocycles. The number of hydrogen-bond donors (Lipinski definition) is 1. The van der Waals surface area contributed by atoms with E-state index in [2.05, 4.69) is 31.2 Å². The Balaban J connectivity index is 1.68. The molecule has 0 bridgehead atoms. The molecular formula is C17H14BrN3O2S. The third-order valence-corrected chi connectivity index (χ3v) is 4.38. The van der Waals surface area contributed by atoms with Crippen molar-refractivity contribution in [2.75, 3.05) is 5.32 Å². The molecule has 0 radical (unpaired) electrons. The number of amides is 1. The Bertz CT molecular complexity index is 858. The normalized spacial score (nSPS) is 10.6. The molecule has 0 atom stereocenters. The number of aryl methyl sites for hydroxylation is 2. The summed E-state index contributed by atoms with van der Waals surface area (Å²) in [4.78, 5) is 21.8. The van der Waals surface area contributed by atoms with Crippen LogP contribution in [0.5, 0.6) is 0 Å². The molecule has 2 aromatic heterocycles. The predicted molar refractivity (Wildman–Crippen MR) is 96.4 cm³/mol. The van der Waals surface area contributed by atoms with Crippen molar-refractivity contribution in [3.05, 3.63) is 64.3 Å². The highest BCUT2D eigenvalue weighted by Gasteiger charge is 2.10. The number of carbonyl (C=O) groups excluding carboxylic acids is 1. The Kier molecular flexibility index (Phi) is 5.01. The van der Waals surface area contributed by atoms with Crippen molar-refractivity contribution in [2.45, 2.75) is 23.9 Å². The number of rotatable bonds is 4. The van der Waals surface area contributed by atoms with E-state index in [0.717, 1.165) is 16.3 Å². The summed E-state index contributed by atoms with van der Waals surface area (Å²) in [5, 5.41) is 3.50. The number of nitrogens with one attached hydrogen (secondary N) is 1. The summed E-state index contributed by atoms with van der Waals surface area (Å²) < 4.78 is 5.75. The molecule has 2 heterocycles. The van der Waals surface area contributed by atoms with Gasteiger partial charge in [0.1, 0.15) is 0 Å². The van der Waals surface area contributed by atoms with E-state index in [1.165, 1.54) is 11.8 Å². The number of anilines is 1. The van der Waals surface area contributed by atoms with Crippen LogP contribution in [0.15, 0.2) is 61.6 Å². The van der Waals surface area contributed by atoms with Crippen LogP contribution in [0.3, 0.4) is 0 Å². The first-order chi connectivity index (χ1) is 11.5. The van der Waals surface area contributed by atoms with Crippen molar-refractivity contribution < 1.29 is 9.21 Å². The summed E-state index contributed by atoms with van der Waals surface area (Å²) in [6.45, 7) is 3.90. The SMILES string of the molecule is Cc1cc(C)nc(Sc2ccc(NC(=O)c3ccc(Br)o3)cc2)n1. The lowest BCUT2D eigenvalue weighted by Crippen LogP contribution is -2.10. The van der Waals surface area contributed by atoms with Crippen molar-refractivity contribution in [1.29, 1.82) is 0 Å². The third kappa shape index (κ3) is 4.24. The summed E-state index contributed by atoms with van der Waals surface area (Å²) in [5.41, 5.74) is 2.58. The minimum atomic E-state index is -0.293. The van der Waals surface area contributed by atoms with E-state index in [0.29, 0.717) is 15.5 Å². The molecule has 0 aliphatic rings. The molecule has 3 rings (SSSR count). The summed E-state index contributed by atoms with van der Waals surface area (Å²) in [7, 11) is 0. The Morgan fingerprint density at radius 1 is 1.08 bits per heavy atom. The second kappa shape index (κ2) is 7.19. The van der Waals surface area contributed by atoms with Crippen molar-refractivity contribution >= 4 is 39.3 Å². The molecular weight excluding hydrogens is 390 g/mol. The maximum Gasteiger partial charge on any atom is 0.291 e. The smallest absolute Gasteiger partial charge is 0.291 e. The number of furan rings is 1. The fourth-order valence-corrected chi connectivity index (χ4v) is 3.25. The van der Waals surface area contributed by atoms with Gasteiger partial charge >= 0.3 is 0 Å². The number of benzene rings is 1. The molecule has 0 fully saturated rings. The van der Waals surface area contributed by atoms with Crippen molar-refractivity contribution in [3.8, 4) is 0 Å². The van der Waals surface area contributed by atoms with Crippen LogP contribution in [0.25, 0.3) is 0 Å². The van der Waals surface area contributed by atoms with Crippen LogP contribution in [-0.2, 0) is 0 Å². The molecule has 0 aliphatic carbocycles. The summed E-state index contributed by atoms with van der Waals surface area (Å²) in [6, 6.07) is 12.7. The fraction of sp³-hybridized carbons (Fsp3) is 0.118. The van der Waals surface area contributed by atoms with E-state index < -0.39 is 0 Å². The van der Waals surface area contributed by atoms with Gasteiger partial charge in [0.15, 0.2) is 15.6 Å². The van der Waals surface area contributed by atoms with Crippen LogP contribution in [0.2, 0.25) is 0 Å². The molecule has 122 valence electrons. The number of carbonyl (C=O) groups is 1. The maximum absolute atomic E-state index is 12.0. The lowest BCUT2D eigenvalue weighted by molar-refractivity contribution is 0.0995. The standard InChI is InChI=1S/C17H14BrN3O2S/c1-10-9-11(2)20-17(19-10)24-13-5-3-12(4-6-13)21-16(22)14-7-8-15(18)23-14/h3-9H,1-2H3,(H,21,22). The van der Waals surface area contributed by atoms with Crippen LogP contribution < -0.4 is 5.32 Å². The van der Waals surface area contributed by atoms with Crippen LogP contribution in [0.4, 0.5) is 5.69 Å². The van der Waals surface area contributed by atoms with Crippen LogP contribution >= 0.6 is 27.7 Å². The molecule has 24 heavy (non-hydrogen) atoms. The summed E-state index contributed by atoms with van der Waals surface area (Å²) in [5.74, 6) is -0.0392. The van der Waals surface area contributed by atoms with Gasteiger partial charge in [0.05, 0.1) is 0 Å². The summed E-state index contributed by atoms with van der Waals surface area (Å²) >= 11 is 4.66. The molecule has 3 aromatic rings. The minimum Gasteiger partial charge on any atom is -0.444 e. The summed E-state index contributed by atoms with van der Waals surface area (Å²) in [6.07, 6.45) is 0. The third-order valence-electron chi connectivity index (χ3n) is 3.08. The molecule has 7 heteroatoms. The molecule has 0 saturated heterocycles. The average Bonchev–Trinajstić information content (AvgIpc) is 2.95. The van der Waals surface area contributed by atoms with E-state index in [1.54, 1.807) is 12.1 Å². The Labute approximate surface area is 152 Å². The van der Waals surface area contributed by atoms with E-state index in [9.17, 15) is 4.79 Å². The van der Waals surface area contributed by atoms with Gasteiger partial charge in [0, 0.05) is 22.0 Å². The molecule has 0 unspecified atom stereocenters. The molecule has 0 aliphatic heterocycles. The largest absolute Gasteiger partial charge is 0.444 e. The van der Waals surface area contributed by atoms with E-state index in [4.69, 9.17) is 4.42 Å². The number of nitrogens with zero attached hydrogens (tertiary/aromatic N) is 2. The number of aromatic nitrogens is 2. The van der Waals surface area contributed by atoms with Crippen molar-refractivity contribution in [2.24, 2.45) is 0 Å². The first-order valence-corrected chi connectivity index (χ1v) is 8.77. The number of halogens is 1. The highest BCUT2D eigenvalue weighted by Crippen LogP contribution is 2.26. The fourth-order valence-electron chi connectivity index (χ4n) is 2.08. The molecule has 0 spiro atoms. The highest BCUT2D eigenvalue weighted by molar-refractivity contribution is 9.10. The molecule has 1 aromatic carbocycles. The highest BCUT2D eigenvalue weighted by atomic mass is 79.9. The maximum atomic E-state index is 12.0. The van der Waals surface area contributed by atoms with Gasteiger partial charge in [-0.05, 0) is 84.0 Å². The second-order valence-corrected chi connectivity index (χ2v) is 6.94. The average molecular weight is 404 g/mol. The van der Waals surface area contributed by atoms with Crippen LogP contribution in [0.1, 0.15) is 21.9 Å². The van der Waals surface area contributed by atoms with E-state index >= 15 is 0 Å². The Morgan fingerprint density at radius 2 is 1.75 bits per heavy atom. The first kappa shape index (κ1) is 16.7. The van der Waals surface area contributed by atoms with Gasteiger partial charge in [0.2, 0.25) is 0 Å². The van der Waals surface area contributed by atoms with Gasteiger partial charge < -0.3 is 9.73 Å². The lowest BCUT2D eigenvalue weighted by Gasteiger charge is -2.06. The van der Waals surface area contributed by atoms with Crippen molar-refractivity contribution in [1.82, 2.24) is 9.97 Å². The molecule has 5 nitrogen and oxygen atoms in total. The van der Waals surface area contributed by atoms with Gasteiger partial charge in [-0.3, -0.25) is 4.79 Å². The zero-order valence-electron chi connectivity index (χ0n) is 13.0. The van der Waals surface area contributed by atoms with Crippen molar-refractivity contribution in [3.63, 3.8) is 0 Å².